The average molecular weight is 416 g/mol. The highest BCUT2D eigenvalue weighted by Gasteiger charge is 2.47. The Kier molecular flexibility index (Phi) is 6.63. The van der Waals surface area contributed by atoms with E-state index in [2.05, 4.69) is 5.32 Å². The van der Waals surface area contributed by atoms with Gasteiger partial charge in [-0.25, -0.2) is 5.84 Å². The van der Waals surface area contributed by atoms with Gasteiger partial charge in [0, 0.05) is 5.69 Å². The zero-order valence-electron chi connectivity index (χ0n) is 14.4. The smallest absolute Gasteiger partial charge is 0.369 e. The van der Waals surface area contributed by atoms with Crippen LogP contribution in [0.1, 0.15) is 12.0 Å². The maximum absolute atomic E-state index is 12.9. The summed E-state index contributed by atoms with van der Waals surface area (Å²) in [7, 11) is 0. The van der Waals surface area contributed by atoms with Gasteiger partial charge in [0.2, 0.25) is 5.91 Å². The van der Waals surface area contributed by atoms with Gasteiger partial charge in [0.15, 0.2) is 11.6 Å². The zero-order chi connectivity index (χ0) is 20.9. The molecule has 0 saturated carbocycles. The molecule has 10 heteroatoms. The molecule has 0 radical (unpaired) electrons. The molecule has 0 heterocycles. The molecular formula is C18H17ClF3N3O3. The summed E-state index contributed by atoms with van der Waals surface area (Å²) in [4.78, 5) is 36.9. The number of hydrazine groups is 1. The van der Waals surface area contributed by atoms with Gasteiger partial charge in [-0.3, -0.25) is 19.8 Å². The third-order valence-corrected chi connectivity index (χ3v) is 4.52. The van der Waals surface area contributed by atoms with Crippen LogP contribution in [-0.4, -0.2) is 28.9 Å². The number of nitrogens with two attached hydrogens (primary N) is 1. The molecule has 2 atom stereocenters. The Morgan fingerprint density at radius 2 is 1.79 bits per heavy atom. The molecule has 6 nitrogen and oxygen atoms in total. The fraction of sp³-hybridized carbons (Fsp3) is 0.278. The van der Waals surface area contributed by atoms with Crippen molar-refractivity contribution >= 4 is 34.8 Å². The second kappa shape index (κ2) is 8.57. The van der Waals surface area contributed by atoms with Gasteiger partial charge in [-0.15, -0.1) is 11.6 Å². The Morgan fingerprint density at radius 1 is 1.14 bits per heavy atom. The van der Waals surface area contributed by atoms with Crippen LogP contribution in [0, 0.1) is 5.92 Å². The first-order valence-electron chi connectivity index (χ1n) is 8.07. The molecule has 2 unspecified atom stereocenters. The third kappa shape index (κ3) is 4.60. The number of ketones is 2. The summed E-state index contributed by atoms with van der Waals surface area (Å²) in [5, 5.41) is 2.80. The number of nitrogens with one attached hydrogen (secondary N) is 2. The average Bonchev–Trinajstić information content (AvgIpc) is 2.67. The molecule has 0 aromatic heterocycles. The van der Waals surface area contributed by atoms with Crippen molar-refractivity contribution in [2.45, 2.75) is 18.1 Å². The monoisotopic (exact) mass is 415 g/mol. The number of benzene rings is 1. The molecule has 0 saturated heterocycles. The second-order valence-electron chi connectivity index (χ2n) is 6.07. The molecule has 0 bridgehead atoms. The first kappa shape index (κ1) is 21.6. The van der Waals surface area contributed by atoms with Crippen molar-refractivity contribution in [2.24, 2.45) is 11.8 Å². The Hall–Kier alpha value is -2.65. The molecule has 0 aliphatic heterocycles. The predicted octanol–water partition coefficient (Wildman–Crippen LogP) is 2.36. The number of alkyl halides is 4. The lowest BCUT2D eigenvalue weighted by atomic mass is 9.75. The summed E-state index contributed by atoms with van der Waals surface area (Å²) < 4.78 is 38.3. The molecule has 1 aliphatic carbocycles. The van der Waals surface area contributed by atoms with E-state index in [1.54, 1.807) is 0 Å². The number of rotatable bonds is 7. The van der Waals surface area contributed by atoms with Crippen LogP contribution in [0.25, 0.3) is 0 Å². The standard InChI is InChI=1S/C18H17ClF3N3O3/c19-10-13(26)9-15(27)17(8-2-1-3-14(17)16(28)25-23)24-12-6-4-11(5-7-12)18(20,21)22/h1-8,14,24H,9-10,23H2,(H,25,28). The quantitative estimate of drug-likeness (QED) is 0.209. The SMILES string of the molecule is NNC(=O)C1C=CC=CC1(Nc1ccc(C(F)(F)F)cc1)C(=O)CC(=O)CCl. The van der Waals surface area contributed by atoms with Gasteiger partial charge in [0.1, 0.15) is 5.54 Å². The molecular weight excluding hydrogens is 399 g/mol. The number of allylic oxidation sites excluding steroid dienone is 2. The summed E-state index contributed by atoms with van der Waals surface area (Å²) in [5.41, 5.74) is -0.494. The molecule has 0 spiro atoms. The lowest BCUT2D eigenvalue weighted by Crippen LogP contribution is -2.57. The fourth-order valence-electron chi connectivity index (χ4n) is 2.83. The molecule has 1 amide bonds. The number of Topliss-reactive ketones (excluding diaryl/α,β-unsaturated/α-hetero) is 2. The van der Waals surface area contributed by atoms with E-state index < -0.39 is 53.0 Å². The van der Waals surface area contributed by atoms with Crippen LogP contribution in [0.4, 0.5) is 18.9 Å². The van der Waals surface area contributed by atoms with E-state index in [-0.39, 0.29) is 5.69 Å². The molecule has 1 aliphatic rings. The van der Waals surface area contributed by atoms with Gasteiger partial charge in [-0.1, -0.05) is 24.3 Å². The molecule has 1 aromatic rings. The van der Waals surface area contributed by atoms with Crippen molar-refractivity contribution in [3.05, 3.63) is 54.1 Å². The first-order chi connectivity index (χ1) is 13.1. The maximum Gasteiger partial charge on any atom is 0.416 e. The van der Waals surface area contributed by atoms with E-state index in [1.165, 1.54) is 24.3 Å². The Labute approximate surface area is 163 Å². The minimum Gasteiger partial charge on any atom is -0.369 e. The van der Waals surface area contributed by atoms with E-state index in [0.29, 0.717) is 0 Å². The Balaban J connectivity index is 2.45. The molecule has 0 fully saturated rings. The summed E-state index contributed by atoms with van der Waals surface area (Å²) in [6.45, 7) is 0. The van der Waals surface area contributed by atoms with Gasteiger partial charge in [-0.2, -0.15) is 13.2 Å². The Morgan fingerprint density at radius 3 is 2.32 bits per heavy atom. The minimum absolute atomic E-state index is 0.148. The second-order valence-corrected chi connectivity index (χ2v) is 6.34. The third-order valence-electron chi connectivity index (χ3n) is 4.22. The minimum atomic E-state index is -4.52. The van der Waals surface area contributed by atoms with E-state index in [1.807, 2.05) is 5.43 Å². The van der Waals surface area contributed by atoms with Gasteiger partial charge in [0.25, 0.3) is 0 Å². The summed E-state index contributed by atoms with van der Waals surface area (Å²) in [6, 6.07) is 3.94. The van der Waals surface area contributed by atoms with Crippen molar-refractivity contribution in [3.63, 3.8) is 0 Å². The summed E-state index contributed by atoms with van der Waals surface area (Å²) in [5.74, 6) is 1.72. The van der Waals surface area contributed by atoms with Crippen LogP contribution < -0.4 is 16.6 Å². The Bertz CT molecular complexity index is 822. The molecule has 28 heavy (non-hydrogen) atoms. The highest BCUT2D eigenvalue weighted by atomic mass is 35.5. The first-order valence-corrected chi connectivity index (χ1v) is 8.60. The maximum atomic E-state index is 12.9. The van der Waals surface area contributed by atoms with E-state index in [9.17, 15) is 27.6 Å². The number of carbonyl (C=O) groups excluding carboxylic acids is 3. The van der Waals surface area contributed by atoms with Gasteiger partial charge >= 0.3 is 6.18 Å². The van der Waals surface area contributed by atoms with Gasteiger partial charge in [-0.05, 0) is 24.3 Å². The highest BCUT2D eigenvalue weighted by Crippen LogP contribution is 2.34. The number of halogens is 4. The van der Waals surface area contributed by atoms with Crippen molar-refractivity contribution in [1.82, 2.24) is 5.43 Å². The normalized spacial score (nSPS) is 21.2. The lowest BCUT2D eigenvalue weighted by Gasteiger charge is -2.37. The van der Waals surface area contributed by atoms with Crippen LogP contribution in [-0.2, 0) is 20.6 Å². The molecule has 2 rings (SSSR count). The number of hydrogen-bond acceptors (Lipinski definition) is 5. The number of carbonyl (C=O) groups is 3. The molecule has 150 valence electrons. The van der Waals surface area contributed by atoms with Crippen LogP contribution in [0.5, 0.6) is 0 Å². The van der Waals surface area contributed by atoms with E-state index >= 15 is 0 Å². The molecule has 1 aromatic carbocycles. The van der Waals surface area contributed by atoms with Crippen molar-refractivity contribution < 1.29 is 27.6 Å². The topological polar surface area (TPSA) is 101 Å². The van der Waals surface area contributed by atoms with Crippen LogP contribution in [0.15, 0.2) is 48.6 Å². The highest BCUT2D eigenvalue weighted by molar-refractivity contribution is 6.29. The van der Waals surface area contributed by atoms with Crippen molar-refractivity contribution in [1.29, 1.82) is 0 Å². The summed E-state index contributed by atoms with van der Waals surface area (Å²) >= 11 is 5.47. The van der Waals surface area contributed by atoms with Crippen molar-refractivity contribution in [2.75, 3.05) is 11.2 Å². The van der Waals surface area contributed by atoms with Crippen LogP contribution in [0.2, 0.25) is 0 Å². The largest absolute Gasteiger partial charge is 0.416 e. The predicted molar refractivity (Wildman–Crippen MR) is 97.2 cm³/mol. The number of hydrogen-bond donors (Lipinski definition) is 3. The van der Waals surface area contributed by atoms with Crippen LogP contribution >= 0.6 is 11.6 Å². The van der Waals surface area contributed by atoms with Gasteiger partial charge < -0.3 is 5.32 Å². The number of amides is 1. The van der Waals surface area contributed by atoms with E-state index in [4.69, 9.17) is 17.4 Å². The number of anilines is 1. The zero-order valence-corrected chi connectivity index (χ0v) is 15.2. The van der Waals surface area contributed by atoms with E-state index in [0.717, 1.165) is 24.3 Å². The lowest BCUT2D eigenvalue weighted by molar-refractivity contribution is -0.137. The summed E-state index contributed by atoms with van der Waals surface area (Å²) in [6.07, 6.45) is 0.693. The van der Waals surface area contributed by atoms with Crippen LogP contribution in [0.3, 0.4) is 0 Å². The van der Waals surface area contributed by atoms with Gasteiger partial charge in [0.05, 0.1) is 23.8 Å². The molecule has 4 N–H and O–H groups in total. The fourth-order valence-corrected chi connectivity index (χ4v) is 2.93. The van der Waals surface area contributed by atoms with Crippen molar-refractivity contribution in [3.8, 4) is 0 Å².